The molecule has 0 unspecified atom stereocenters. The zero-order valence-electron chi connectivity index (χ0n) is 11.7. The summed E-state index contributed by atoms with van der Waals surface area (Å²) in [6.07, 6.45) is 10.8. The van der Waals surface area contributed by atoms with Crippen molar-refractivity contribution in [2.75, 3.05) is 18.5 Å². The Kier molecular flexibility index (Phi) is 5.00. The third-order valence-corrected chi connectivity index (χ3v) is 3.92. The number of hydrogen-bond donors (Lipinski definition) is 1. The second-order valence-corrected chi connectivity index (χ2v) is 5.11. The topological polar surface area (TPSA) is 28.2 Å². The lowest BCUT2D eigenvalue weighted by atomic mass is 9.93. The Balaban J connectivity index is 2.20. The first-order valence-electron chi connectivity index (χ1n) is 7.21. The standard InChI is InChI=1S/C15H25N3/c1-3-18(14-7-5-4-6-8-14)15-12-17-10-9-13(15)11-16-2/h9-10,12,14,16H,3-8,11H2,1-2H3. The average Bonchev–Trinajstić information content (AvgIpc) is 2.43. The third kappa shape index (κ3) is 3.02. The Morgan fingerprint density at radius 3 is 2.78 bits per heavy atom. The first-order valence-corrected chi connectivity index (χ1v) is 7.21. The van der Waals surface area contributed by atoms with E-state index in [4.69, 9.17) is 0 Å². The maximum absolute atomic E-state index is 4.32. The van der Waals surface area contributed by atoms with E-state index in [1.165, 1.54) is 43.4 Å². The summed E-state index contributed by atoms with van der Waals surface area (Å²) >= 11 is 0. The first-order chi connectivity index (χ1) is 8.86. The molecule has 1 N–H and O–H groups in total. The van der Waals surface area contributed by atoms with E-state index >= 15 is 0 Å². The number of rotatable bonds is 5. The first kappa shape index (κ1) is 13.3. The van der Waals surface area contributed by atoms with Crippen LogP contribution in [0.25, 0.3) is 0 Å². The van der Waals surface area contributed by atoms with Crippen molar-refractivity contribution in [3.63, 3.8) is 0 Å². The summed E-state index contributed by atoms with van der Waals surface area (Å²) in [6.45, 7) is 4.25. The van der Waals surface area contributed by atoms with Gasteiger partial charge in [0.05, 0.1) is 11.9 Å². The predicted octanol–water partition coefficient (Wildman–Crippen LogP) is 2.96. The summed E-state index contributed by atoms with van der Waals surface area (Å²) in [4.78, 5) is 6.88. The summed E-state index contributed by atoms with van der Waals surface area (Å²) in [5, 5.41) is 3.25. The highest BCUT2D eigenvalue weighted by Crippen LogP contribution is 2.28. The van der Waals surface area contributed by atoms with Crippen LogP contribution in [0.15, 0.2) is 18.5 Å². The van der Waals surface area contributed by atoms with E-state index in [1.54, 1.807) is 0 Å². The number of nitrogens with zero attached hydrogens (tertiary/aromatic N) is 2. The van der Waals surface area contributed by atoms with Crippen LogP contribution in [0, 0.1) is 0 Å². The summed E-state index contributed by atoms with van der Waals surface area (Å²) in [5.74, 6) is 0. The van der Waals surface area contributed by atoms with Gasteiger partial charge in [0.15, 0.2) is 0 Å². The molecule has 0 aliphatic heterocycles. The predicted molar refractivity (Wildman–Crippen MR) is 76.9 cm³/mol. The molecule has 0 spiro atoms. The van der Waals surface area contributed by atoms with Gasteiger partial charge in [-0.1, -0.05) is 19.3 Å². The van der Waals surface area contributed by atoms with Crippen molar-refractivity contribution in [3.8, 4) is 0 Å². The van der Waals surface area contributed by atoms with E-state index in [1.807, 2.05) is 19.4 Å². The summed E-state index contributed by atoms with van der Waals surface area (Å²) < 4.78 is 0. The van der Waals surface area contributed by atoms with Gasteiger partial charge in [0, 0.05) is 25.3 Å². The molecule has 3 nitrogen and oxygen atoms in total. The molecule has 0 saturated heterocycles. The molecule has 2 rings (SSSR count). The molecule has 0 bridgehead atoms. The normalized spacial score (nSPS) is 16.8. The second-order valence-electron chi connectivity index (χ2n) is 5.11. The SMILES string of the molecule is CCN(c1cnccc1CNC)C1CCCCC1. The number of pyridine rings is 1. The van der Waals surface area contributed by atoms with Gasteiger partial charge in [-0.15, -0.1) is 0 Å². The van der Waals surface area contributed by atoms with Gasteiger partial charge in [0.2, 0.25) is 0 Å². The van der Waals surface area contributed by atoms with Gasteiger partial charge >= 0.3 is 0 Å². The molecule has 1 aromatic rings. The Hall–Kier alpha value is -1.09. The fraction of sp³-hybridized carbons (Fsp3) is 0.667. The molecule has 0 aromatic carbocycles. The molecule has 1 heterocycles. The lowest BCUT2D eigenvalue weighted by Crippen LogP contribution is -2.37. The Labute approximate surface area is 111 Å². The van der Waals surface area contributed by atoms with E-state index in [0.29, 0.717) is 6.04 Å². The number of hydrogen-bond acceptors (Lipinski definition) is 3. The van der Waals surface area contributed by atoms with Gasteiger partial charge in [-0.05, 0) is 38.4 Å². The lowest BCUT2D eigenvalue weighted by molar-refractivity contribution is 0.417. The van der Waals surface area contributed by atoms with E-state index in [2.05, 4.69) is 28.2 Å². The smallest absolute Gasteiger partial charge is 0.0600 e. The quantitative estimate of drug-likeness (QED) is 0.867. The van der Waals surface area contributed by atoms with Crippen LogP contribution < -0.4 is 10.2 Å². The van der Waals surface area contributed by atoms with Crippen LogP contribution in [0.2, 0.25) is 0 Å². The van der Waals surface area contributed by atoms with Crippen LogP contribution in [-0.2, 0) is 6.54 Å². The third-order valence-electron chi connectivity index (χ3n) is 3.92. The molecule has 18 heavy (non-hydrogen) atoms. The number of anilines is 1. The van der Waals surface area contributed by atoms with Crippen molar-refractivity contribution in [2.45, 2.75) is 51.6 Å². The average molecular weight is 247 g/mol. The van der Waals surface area contributed by atoms with E-state index < -0.39 is 0 Å². The van der Waals surface area contributed by atoms with Crippen LogP contribution in [0.3, 0.4) is 0 Å². The van der Waals surface area contributed by atoms with Crippen molar-refractivity contribution in [3.05, 3.63) is 24.0 Å². The van der Waals surface area contributed by atoms with Crippen LogP contribution in [0.5, 0.6) is 0 Å². The molecule has 100 valence electrons. The maximum Gasteiger partial charge on any atom is 0.0600 e. The minimum Gasteiger partial charge on any atom is -0.367 e. The molecule has 1 aromatic heterocycles. The molecule has 3 heteroatoms. The molecule has 1 aliphatic rings. The minimum absolute atomic E-state index is 0.712. The van der Waals surface area contributed by atoms with Gasteiger partial charge in [-0.25, -0.2) is 0 Å². The molecular formula is C15H25N3. The number of nitrogens with one attached hydrogen (secondary N) is 1. The van der Waals surface area contributed by atoms with Crippen LogP contribution in [0.4, 0.5) is 5.69 Å². The Bertz CT molecular complexity index is 359. The van der Waals surface area contributed by atoms with Crippen molar-refractivity contribution in [1.29, 1.82) is 0 Å². The fourth-order valence-electron chi connectivity index (χ4n) is 3.03. The van der Waals surface area contributed by atoms with Crippen LogP contribution in [0.1, 0.15) is 44.6 Å². The zero-order valence-corrected chi connectivity index (χ0v) is 11.7. The van der Waals surface area contributed by atoms with Crippen molar-refractivity contribution in [2.24, 2.45) is 0 Å². The summed E-state index contributed by atoms with van der Waals surface area (Å²) in [5.41, 5.74) is 2.68. The second kappa shape index (κ2) is 6.74. The number of aromatic nitrogens is 1. The van der Waals surface area contributed by atoms with Gasteiger partial charge in [0.1, 0.15) is 0 Å². The molecule has 1 fully saturated rings. The van der Waals surface area contributed by atoms with Crippen LogP contribution >= 0.6 is 0 Å². The molecular weight excluding hydrogens is 222 g/mol. The Morgan fingerprint density at radius 1 is 1.33 bits per heavy atom. The monoisotopic (exact) mass is 247 g/mol. The van der Waals surface area contributed by atoms with Crippen molar-refractivity contribution in [1.82, 2.24) is 10.3 Å². The highest BCUT2D eigenvalue weighted by atomic mass is 15.2. The maximum atomic E-state index is 4.32. The van der Waals surface area contributed by atoms with E-state index in [0.717, 1.165) is 13.1 Å². The molecule has 1 saturated carbocycles. The fourth-order valence-corrected chi connectivity index (χ4v) is 3.03. The van der Waals surface area contributed by atoms with E-state index in [-0.39, 0.29) is 0 Å². The molecule has 0 amide bonds. The minimum atomic E-state index is 0.712. The molecule has 1 aliphatic carbocycles. The van der Waals surface area contributed by atoms with Crippen molar-refractivity contribution < 1.29 is 0 Å². The Morgan fingerprint density at radius 2 is 2.11 bits per heavy atom. The largest absolute Gasteiger partial charge is 0.367 e. The van der Waals surface area contributed by atoms with E-state index in [9.17, 15) is 0 Å². The molecule has 0 atom stereocenters. The van der Waals surface area contributed by atoms with Gasteiger partial charge < -0.3 is 10.2 Å². The molecule has 0 radical (unpaired) electrons. The summed E-state index contributed by atoms with van der Waals surface area (Å²) in [6, 6.07) is 2.85. The van der Waals surface area contributed by atoms with Gasteiger partial charge in [-0.3, -0.25) is 4.98 Å². The van der Waals surface area contributed by atoms with Gasteiger partial charge in [0.25, 0.3) is 0 Å². The van der Waals surface area contributed by atoms with Crippen LogP contribution in [-0.4, -0.2) is 24.6 Å². The zero-order chi connectivity index (χ0) is 12.8. The summed E-state index contributed by atoms with van der Waals surface area (Å²) in [7, 11) is 2.00. The lowest BCUT2D eigenvalue weighted by Gasteiger charge is -2.36. The highest BCUT2D eigenvalue weighted by Gasteiger charge is 2.21. The highest BCUT2D eigenvalue weighted by molar-refractivity contribution is 5.52. The van der Waals surface area contributed by atoms with Gasteiger partial charge in [-0.2, -0.15) is 0 Å². The van der Waals surface area contributed by atoms with Crippen molar-refractivity contribution >= 4 is 5.69 Å².